The van der Waals surface area contributed by atoms with Crippen LogP contribution < -0.4 is 15.4 Å². The minimum Gasteiger partial charge on any atom is -0.484 e. The first kappa shape index (κ1) is 24.2. The molecule has 0 bridgehead atoms. The molecule has 0 saturated heterocycles. The van der Waals surface area contributed by atoms with Gasteiger partial charge in [0, 0.05) is 10.6 Å². The molecule has 2 amide bonds. The Morgan fingerprint density at radius 3 is 2.36 bits per heavy atom. The first-order valence-corrected chi connectivity index (χ1v) is 11.2. The SMILES string of the molecule is CC(Sc1ccc(NC(=O)COc2ccccc2)cc1)C(=O)Nc1cc(C(=O)O)ccc1Cl. The number of benzene rings is 3. The predicted octanol–water partition coefficient (Wildman–Crippen LogP) is 5.18. The summed E-state index contributed by atoms with van der Waals surface area (Å²) in [5.41, 5.74) is 0.877. The van der Waals surface area contributed by atoms with Gasteiger partial charge >= 0.3 is 5.97 Å². The minimum absolute atomic E-state index is 0.0295. The van der Waals surface area contributed by atoms with E-state index in [4.69, 9.17) is 21.4 Å². The van der Waals surface area contributed by atoms with Crippen LogP contribution in [0.5, 0.6) is 5.75 Å². The van der Waals surface area contributed by atoms with E-state index in [1.54, 1.807) is 43.3 Å². The quantitative estimate of drug-likeness (QED) is 0.362. The van der Waals surface area contributed by atoms with E-state index in [0.29, 0.717) is 11.4 Å². The van der Waals surface area contributed by atoms with Gasteiger partial charge in [0.05, 0.1) is 21.5 Å². The van der Waals surface area contributed by atoms with Crippen molar-refractivity contribution < 1.29 is 24.2 Å². The molecule has 0 aliphatic rings. The Balaban J connectivity index is 1.51. The summed E-state index contributed by atoms with van der Waals surface area (Å²) in [4.78, 5) is 36.6. The van der Waals surface area contributed by atoms with Crippen LogP contribution in [0, 0.1) is 0 Å². The predicted molar refractivity (Wildman–Crippen MR) is 129 cm³/mol. The Morgan fingerprint density at radius 1 is 1.00 bits per heavy atom. The van der Waals surface area contributed by atoms with Gasteiger partial charge in [0.2, 0.25) is 5.91 Å². The number of nitrogens with one attached hydrogen (secondary N) is 2. The van der Waals surface area contributed by atoms with E-state index in [2.05, 4.69) is 10.6 Å². The van der Waals surface area contributed by atoms with Crippen LogP contribution in [0.25, 0.3) is 0 Å². The molecule has 33 heavy (non-hydrogen) atoms. The van der Waals surface area contributed by atoms with E-state index in [1.165, 1.54) is 30.0 Å². The lowest BCUT2D eigenvalue weighted by atomic mass is 10.2. The molecule has 0 aromatic heterocycles. The smallest absolute Gasteiger partial charge is 0.335 e. The topological polar surface area (TPSA) is 105 Å². The molecule has 1 unspecified atom stereocenters. The molecule has 0 heterocycles. The molecule has 1 atom stereocenters. The number of carboxylic acid groups (broad SMARTS) is 1. The van der Waals surface area contributed by atoms with E-state index in [9.17, 15) is 14.4 Å². The number of carboxylic acids is 1. The van der Waals surface area contributed by atoms with Crippen LogP contribution >= 0.6 is 23.4 Å². The molecular weight excluding hydrogens is 464 g/mol. The molecule has 9 heteroatoms. The second-order valence-electron chi connectivity index (χ2n) is 6.92. The van der Waals surface area contributed by atoms with E-state index >= 15 is 0 Å². The third-order valence-corrected chi connectivity index (χ3v) is 5.85. The van der Waals surface area contributed by atoms with Crippen molar-refractivity contribution in [2.45, 2.75) is 17.1 Å². The van der Waals surface area contributed by atoms with E-state index < -0.39 is 11.2 Å². The van der Waals surface area contributed by atoms with Gasteiger partial charge in [0.15, 0.2) is 6.61 Å². The third-order valence-electron chi connectivity index (χ3n) is 4.40. The summed E-state index contributed by atoms with van der Waals surface area (Å²) in [6.45, 7) is 1.62. The van der Waals surface area contributed by atoms with Crippen LogP contribution in [0.2, 0.25) is 5.02 Å². The van der Waals surface area contributed by atoms with E-state index in [0.717, 1.165) is 4.90 Å². The average Bonchev–Trinajstić information content (AvgIpc) is 2.81. The number of carbonyl (C=O) groups is 3. The number of hydrogen-bond acceptors (Lipinski definition) is 5. The average molecular weight is 485 g/mol. The van der Waals surface area contributed by atoms with Crippen molar-refractivity contribution in [1.29, 1.82) is 0 Å². The number of aromatic carboxylic acids is 1. The molecule has 0 aliphatic heterocycles. The number of carbonyl (C=O) groups excluding carboxylic acids is 2. The van der Waals surface area contributed by atoms with Gasteiger partial charge in [-0.1, -0.05) is 29.8 Å². The zero-order chi connectivity index (χ0) is 23.8. The normalized spacial score (nSPS) is 11.3. The summed E-state index contributed by atoms with van der Waals surface area (Å²) in [6.07, 6.45) is 0. The summed E-state index contributed by atoms with van der Waals surface area (Å²) < 4.78 is 5.42. The van der Waals surface area contributed by atoms with Crippen molar-refractivity contribution in [2.24, 2.45) is 0 Å². The van der Waals surface area contributed by atoms with Gasteiger partial charge in [-0.15, -0.1) is 11.8 Å². The van der Waals surface area contributed by atoms with Crippen molar-refractivity contribution >= 4 is 52.5 Å². The van der Waals surface area contributed by atoms with Crippen LogP contribution in [0.15, 0.2) is 77.7 Å². The lowest BCUT2D eigenvalue weighted by Crippen LogP contribution is -2.22. The third kappa shape index (κ3) is 7.27. The second-order valence-corrected chi connectivity index (χ2v) is 8.74. The van der Waals surface area contributed by atoms with Crippen molar-refractivity contribution in [3.05, 3.63) is 83.4 Å². The zero-order valence-corrected chi connectivity index (χ0v) is 19.2. The highest BCUT2D eigenvalue weighted by atomic mass is 35.5. The number of halogens is 1. The summed E-state index contributed by atoms with van der Waals surface area (Å²) >= 11 is 7.38. The van der Waals surface area contributed by atoms with Gasteiger partial charge in [-0.3, -0.25) is 9.59 Å². The maximum Gasteiger partial charge on any atom is 0.335 e. The molecule has 0 spiro atoms. The Bertz CT molecular complexity index is 1140. The molecule has 0 aliphatic carbocycles. The van der Waals surface area contributed by atoms with Gasteiger partial charge in [0.1, 0.15) is 5.75 Å². The van der Waals surface area contributed by atoms with Crippen molar-refractivity contribution in [3.8, 4) is 5.75 Å². The molecule has 0 fully saturated rings. The first-order chi connectivity index (χ1) is 15.8. The fourth-order valence-corrected chi connectivity index (χ4v) is 3.76. The summed E-state index contributed by atoms with van der Waals surface area (Å²) in [5.74, 6) is -1.10. The number of thioether (sulfide) groups is 1. The van der Waals surface area contributed by atoms with Crippen molar-refractivity contribution in [3.63, 3.8) is 0 Å². The molecule has 3 rings (SSSR count). The Labute approximate surface area is 200 Å². The molecule has 3 aromatic rings. The van der Waals surface area contributed by atoms with Gasteiger partial charge in [0.25, 0.3) is 5.91 Å². The highest BCUT2D eigenvalue weighted by Crippen LogP contribution is 2.28. The van der Waals surface area contributed by atoms with Gasteiger partial charge < -0.3 is 20.5 Å². The molecule has 0 saturated carbocycles. The number of hydrogen-bond donors (Lipinski definition) is 3. The highest BCUT2D eigenvalue weighted by Gasteiger charge is 2.17. The van der Waals surface area contributed by atoms with Crippen molar-refractivity contribution in [2.75, 3.05) is 17.2 Å². The Hall–Kier alpha value is -3.49. The molecule has 7 nitrogen and oxygen atoms in total. The zero-order valence-electron chi connectivity index (χ0n) is 17.6. The van der Waals surface area contributed by atoms with Gasteiger partial charge in [-0.05, 0) is 61.5 Å². The monoisotopic (exact) mass is 484 g/mol. The van der Waals surface area contributed by atoms with Crippen LogP contribution in [0.1, 0.15) is 17.3 Å². The number of amides is 2. The molecule has 0 radical (unpaired) electrons. The highest BCUT2D eigenvalue weighted by molar-refractivity contribution is 8.00. The van der Waals surface area contributed by atoms with Crippen LogP contribution in [0.4, 0.5) is 11.4 Å². The van der Waals surface area contributed by atoms with Gasteiger partial charge in [-0.2, -0.15) is 0 Å². The molecule has 3 N–H and O–H groups in total. The Kier molecular flexibility index (Phi) is 8.34. The maximum absolute atomic E-state index is 12.5. The van der Waals surface area contributed by atoms with Gasteiger partial charge in [-0.25, -0.2) is 4.79 Å². The first-order valence-electron chi connectivity index (χ1n) is 9.90. The molecule has 3 aromatic carbocycles. The number of para-hydroxylation sites is 1. The summed E-state index contributed by atoms with van der Waals surface area (Å²) in [6, 6.07) is 20.2. The standard InChI is InChI=1S/C24H21ClN2O5S/c1-15(23(29)27-21-13-16(24(30)31)7-12-20(21)25)33-19-10-8-17(9-11-19)26-22(28)14-32-18-5-3-2-4-6-18/h2-13,15H,14H2,1H3,(H,26,28)(H,27,29)(H,30,31). The summed E-state index contributed by atoms with van der Waals surface area (Å²) in [7, 11) is 0. The minimum atomic E-state index is -1.11. The number of rotatable bonds is 9. The van der Waals surface area contributed by atoms with Crippen LogP contribution in [-0.2, 0) is 9.59 Å². The largest absolute Gasteiger partial charge is 0.484 e. The van der Waals surface area contributed by atoms with Crippen LogP contribution in [-0.4, -0.2) is 34.7 Å². The van der Waals surface area contributed by atoms with E-state index in [-0.39, 0.29) is 34.7 Å². The summed E-state index contributed by atoms with van der Waals surface area (Å²) in [5, 5.41) is 14.3. The molecular formula is C24H21ClN2O5S. The number of anilines is 2. The Morgan fingerprint density at radius 2 is 1.70 bits per heavy atom. The second kappa shape index (κ2) is 11.4. The van der Waals surface area contributed by atoms with Crippen molar-refractivity contribution in [1.82, 2.24) is 0 Å². The maximum atomic E-state index is 12.5. The van der Waals surface area contributed by atoms with Crippen LogP contribution in [0.3, 0.4) is 0 Å². The number of ether oxygens (including phenoxy) is 1. The lowest BCUT2D eigenvalue weighted by Gasteiger charge is -2.14. The fraction of sp³-hybridized carbons (Fsp3) is 0.125. The van der Waals surface area contributed by atoms with E-state index in [1.807, 2.05) is 18.2 Å². The molecule has 170 valence electrons. The lowest BCUT2D eigenvalue weighted by molar-refractivity contribution is -0.118. The fourth-order valence-electron chi connectivity index (χ4n) is 2.73.